The van der Waals surface area contributed by atoms with Gasteiger partial charge in [0.2, 0.25) is 10.0 Å². The molecule has 0 bridgehead atoms. The van der Waals surface area contributed by atoms with Gasteiger partial charge in [0.25, 0.3) is 0 Å². The number of nitrogens with one attached hydrogen (secondary N) is 1. The Morgan fingerprint density at radius 3 is 2.43 bits per heavy atom. The second kappa shape index (κ2) is 6.07. The molecule has 0 spiro atoms. The normalized spacial score (nSPS) is 23.7. The van der Waals surface area contributed by atoms with E-state index in [4.69, 9.17) is 5.14 Å². The van der Waals surface area contributed by atoms with Crippen LogP contribution in [0.3, 0.4) is 0 Å². The third-order valence-electron chi connectivity index (χ3n) is 4.40. The van der Waals surface area contributed by atoms with E-state index in [9.17, 15) is 8.42 Å². The Morgan fingerprint density at radius 1 is 1.29 bits per heavy atom. The molecule has 1 aliphatic rings. The molecular formula is C16H26N2O2S. The smallest absolute Gasteiger partial charge is 0.238 e. The summed E-state index contributed by atoms with van der Waals surface area (Å²) in [5.41, 5.74) is 1.50. The summed E-state index contributed by atoms with van der Waals surface area (Å²) in [5.74, 6) is 0. The number of benzene rings is 1. The fraction of sp³-hybridized carbons (Fsp3) is 0.625. The van der Waals surface area contributed by atoms with Gasteiger partial charge in [-0.15, -0.1) is 0 Å². The van der Waals surface area contributed by atoms with Crippen LogP contribution in [-0.4, -0.2) is 14.5 Å². The number of rotatable bonds is 4. The molecule has 3 N–H and O–H groups in total. The van der Waals surface area contributed by atoms with E-state index in [0.717, 1.165) is 5.56 Å². The lowest BCUT2D eigenvalue weighted by Crippen LogP contribution is -2.38. The van der Waals surface area contributed by atoms with Crippen LogP contribution < -0.4 is 10.5 Å². The van der Waals surface area contributed by atoms with Crippen molar-refractivity contribution >= 4 is 10.0 Å². The second-order valence-electron chi connectivity index (χ2n) is 6.96. The fourth-order valence-electron chi connectivity index (χ4n) is 3.24. The molecule has 0 heterocycles. The lowest BCUT2D eigenvalue weighted by molar-refractivity contribution is 0.191. The quantitative estimate of drug-likeness (QED) is 0.898. The molecule has 1 fully saturated rings. The molecule has 21 heavy (non-hydrogen) atoms. The minimum atomic E-state index is -3.61. The fourth-order valence-corrected chi connectivity index (χ4v) is 3.75. The SMILES string of the molecule is CC(NC1CCCC(C)(C)C1)c1ccc(S(N)(=O)=O)cc1. The summed E-state index contributed by atoms with van der Waals surface area (Å²) in [6.07, 6.45) is 4.96. The van der Waals surface area contributed by atoms with Crippen LogP contribution in [0.15, 0.2) is 29.2 Å². The third-order valence-corrected chi connectivity index (χ3v) is 5.33. The van der Waals surface area contributed by atoms with Gasteiger partial charge in [0.1, 0.15) is 0 Å². The molecule has 0 amide bonds. The monoisotopic (exact) mass is 310 g/mol. The maximum Gasteiger partial charge on any atom is 0.238 e. The number of nitrogens with two attached hydrogens (primary N) is 1. The first kappa shape index (κ1) is 16.5. The van der Waals surface area contributed by atoms with Crippen LogP contribution in [0.5, 0.6) is 0 Å². The molecule has 2 rings (SSSR count). The summed E-state index contributed by atoms with van der Waals surface area (Å²) in [7, 11) is -3.61. The Labute approximate surface area is 128 Å². The third kappa shape index (κ3) is 4.53. The molecular weight excluding hydrogens is 284 g/mol. The average molecular weight is 310 g/mol. The molecule has 1 aromatic rings. The van der Waals surface area contributed by atoms with E-state index >= 15 is 0 Å². The van der Waals surface area contributed by atoms with Crippen molar-refractivity contribution in [3.8, 4) is 0 Å². The summed E-state index contributed by atoms with van der Waals surface area (Å²) < 4.78 is 22.5. The van der Waals surface area contributed by atoms with Crippen molar-refractivity contribution in [2.24, 2.45) is 10.6 Å². The highest BCUT2D eigenvalue weighted by molar-refractivity contribution is 7.89. The van der Waals surface area contributed by atoms with Crippen molar-refractivity contribution < 1.29 is 8.42 Å². The predicted molar refractivity (Wildman–Crippen MR) is 85.4 cm³/mol. The van der Waals surface area contributed by atoms with E-state index in [1.54, 1.807) is 12.1 Å². The predicted octanol–water partition coefficient (Wildman–Crippen LogP) is 2.95. The van der Waals surface area contributed by atoms with Gasteiger partial charge in [0, 0.05) is 12.1 Å². The van der Waals surface area contributed by atoms with Gasteiger partial charge >= 0.3 is 0 Å². The van der Waals surface area contributed by atoms with Crippen LogP contribution in [-0.2, 0) is 10.0 Å². The van der Waals surface area contributed by atoms with Gasteiger partial charge in [-0.2, -0.15) is 0 Å². The highest BCUT2D eigenvalue weighted by Crippen LogP contribution is 2.35. The second-order valence-corrected chi connectivity index (χ2v) is 8.52. The maximum absolute atomic E-state index is 11.3. The van der Waals surface area contributed by atoms with E-state index in [0.29, 0.717) is 11.5 Å². The lowest BCUT2D eigenvalue weighted by atomic mass is 9.75. The molecule has 0 aromatic heterocycles. The Morgan fingerprint density at radius 2 is 1.90 bits per heavy atom. The molecule has 118 valence electrons. The molecule has 1 aromatic carbocycles. The van der Waals surface area contributed by atoms with Crippen LogP contribution >= 0.6 is 0 Å². The van der Waals surface area contributed by atoms with Crippen molar-refractivity contribution in [2.45, 2.75) is 63.4 Å². The van der Waals surface area contributed by atoms with Gasteiger partial charge in [-0.3, -0.25) is 0 Å². The number of hydrogen-bond acceptors (Lipinski definition) is 3. The molecule has 2 unspecified atom stereocenters. The van der Waals surface area contributed by atoms with Crippen molar-refractivity contribution in [3.05, 3.63) is 29.8 Å². The minimum Gasteiger partial charge on any atom is -0.307 e. The van der Waals surface area contributed by atoms with Gasteiger partial charge in [-0.1, -0.05) is 32.4 Å². The highest BCUT2D eigenvalue weighted by Gasteiger charge is 2.28. The maximum atomic E-state index is 11.3. The molecule has 1 saturated carbocycles. The highest BCUT2D eigenvalue weighted by atomic mass is 32.2. The summed E-state index contributed by atoms with van der Waals surface area (Å²) in [4.78, 5) is 0.164. The molecule has 0 radical (unpaired) electrons. The zero-order valence-corrected chi connectivity index (χ0v) is 13.9. The first-order valence-electron chi connectivity index (χ1n) is 7.56. The summed E-state index contributed by atoms with van der Waals surface area (Å²) in [6.45, 7) is 6.77. The van der Waals surface area contributed by atoms with Crippen molar-refractivity contribution in [1.29, 1.82) is 0 Å². The number of hydrogen-bond donors (Lipinski definition) is 2. The van der Waals surface area contributed by atoms with Crippen molar-refractivity contribution in [3.63, 3.8) is 0 Å². The first-order valence-corrected chi connectivity index (χ1v) is 9.11. The van der Waals surface area contributed by atoms with Crippen LogP contribution in [0.2, 0.25) is 0 Å². The van der Waals surface area contributed by atoms with E-state index in [1.807, 2.05) is 12.1 Å². The molecule has 4 nitrogen and oxygen atoms in total. The van der Waals surface area contributed by atoms with E-state index in [1.165, 1.54) is 25.7 Å². The van der Waals surface area contributed by atoms with Gasteiger partial charge in [0.15, 0.2) is 0 Å². The summed E-state index contributed by atoms with van der Waals surface area (Å²) >= 11 is 0. The average Bonchev–Trinajstić information content (AvgIpc) is 2.36. The molecule has 0 aliphatic heterocycles. The first-order chi connectivity index (χ1) is 9.67. The molecule has 0 saturated heterocycles. The Bertz CT molecular complexity index is 579. The molecule has 2 atom stereocenters. The zero-order valence-electron chi connectivity index (χ0n) is 13.1. The van der Waals surface area contributed by atoms with Crippen LogP contribution in [0.1, 0.15) is 58.1 Å². The van der Waals surface area contributed by atoms with Crippen LogP contribution in [0.4, 0.5) is 0 Å². The largest absolute Gasteiger partial charge is 0.307 e. The number of primary sulfonamides is 1. The molecule has 5 heteroatoms. The van der Waals surface area contributed by atoms with E-state index in [2.05, 4.69) is 26.1 Å². The van der Waals surface area contributed by atoms with Gasteiger partial charge in [-0.25, -0.2) is 13.6 Å². The topological polar surface area (TPSA) is 72.2 Å². The van der Waals surface area contributed by atoms with Crippen molar-refractivity contribution in [1.82, 2.24) is 5.32 Å². The van der Waals surface area contributed by atoms with Gasteiger partial charge in [-0.05, 0) is 49.3 Å². The van der Waals surface area contributed by atoms with E-state index in [-0.39, 0.29) is 10.9 Å². The Balaban J connectivity index is 2.02. The molecule has 1 aliphatic carbocycles. The standard InChI is InChI=1S/C16H26N2O2S/c1-12(18-14-5-4-10-16(2,3)11-14)13-6-8-15(9-7-13)21(17,19)20/h6-9,12,14,18H,4-5,10-11H2,1-3H3,(H2,17,19,20). The zero-order chi connectivity index (χ0) is 15.7. The lowest BCUT2D eigenvalue weighted by Gasteiger charge is -2.37. The van der Waals surface area contributed by atoms with Gasteiger partial charge in [0.05, 0.1) is 4.90 Å². The van der Waals surface area contributed by atoms with Crippen molar-refractivity contribution in [2.75, 3.05) is 0 Å². The minimum absolute atomic E-state index is 0.164. The Kier molecular flexibility index (Phi) is 4.76. The van der Waals surface area contributed by atoms with Gasteiger partial charge < -0.3 is 5.32 Å². The summed E-state index contributed by atoms with van der Waals surface area (Å²) in [5, 5.41) is 8.79. The van der Waals surface area contributed by atoms with E-state index < -0.39 is 10.0 Å². The van der Waals surface area contributed by atoms with Crippen LogP contribution in [0.25, 0.3) is 0 Å². The summed E-state index contributed by atoms with van der Waals surface area (Å²) in [6, 6.07) is 7.57. The number of sulfonamides is 1. The Hall–Kier alpha value is -0.910. The van der Waals surface area contributed by atoms with Crippen LogP contribution in [0, 0.1) is 5.41 Å².